The molecule has 0 aliphatic heterocycles. The van der Waals surface area contributed by atoms with E-state index in [1.807, 2.05) is 0 Å². The SMILES string of the molecule is CN(CCCO)C(=O)CCO. The van der Waals surface area contributed by atoms with Crippen LogP contribution in [0, 0.1) is 0 Å². The highest BCUT2D eigenvalue weighted by molar-refractivity contribution is 5.75. The molecule has 0 aromatic rings. The number of hydrogen-bond acceptors (Lipinski definition) is 3. The fourth-order valence-corrected chi connectivity index (χ4v) is 0.719. The number of carbonyl (C=O) groups excluding carboxylic acids is 1. The van der Waals surface area contributed by atoms with Crippen molar-refractivity contribution in [2.75, 3.05) is 26.8 Å². The summed E-state index contributed by atoms with van der Waals surface area (Å²) in [4.78, 5) is 12.4. The van der Waals surface area contributed by atoms with E-state index in [2.05, 4.69) is 0 Å². The van der Waals surface area contributed by atoms with Crippen molar-refractivity contribution < 1.29 is 15.0 Å². The van der Waals surface area contributed by atoms with Crippen molar-refractivity contribution in [2.45, 2.75) is 12.8 Å². The number of amides is 1. The van der Waals surface area contributed by atoms with Gasteiger partial charge in [-0.15, -0.1) is 0 Å². The molecule has 66 valence electrons. The molecule has 0 heterocycles. The topological polar surface area (TPSA) is 60.8 Å². The van der Waals surface area contributed by atoms with Crippen LogP contribution < -0.4 is 0 Å². The van der Waals surface area contributed by atoms with Crippen LogP contribution in [-0.4, -0.2) is 47.8 Å². The Labute approximate surface area is 66.4 Å². The fraction of sp³-hybridized carbons (Fsp3) is 0.857. The van der Waals surface area contributed by atoms with Crippen LogP contribution in [0.25, 0.3) is 0 Å². The summed E-state index contributed by atoms with van der Waals surface area (Å²) in [6, 6.07) is 0. The Kier molecular flexibility index (Phi) is 5.78. The van der Waals surface area contributed by atoms with Crippen molar-refractivity contribution >= 4 is 5.91 Å². The zero-order valence-electron chi connectivity index (χ0n) is 6.79. The van der Waals surface area contributed by atoms with Crippen molar-refractivity contribution in [2.24, 2.45) is 0 Å². The van der Waals surface area contributed by atoms with E-state index in [4.69, 9.17) is 10.2 Å². The number of carbonyl (C=O) groups is 1. The molecule has 0 aromatic heterocycles. The molecule has 11 heavy (non-hydrogen) atoms. The summed E-state index contributed by atoms with van der Waals surface area (Å²) in [5.74, 6) is -0.0825. The largest absolute Gasteiger partial charge is 0.396 e. The van der Waals surface area contributed by atoms with Crippen LogP contribution in [-0.2, 0) is 4.79 Å². The van der Waals surface area contributed by atoms with Gasteiger partial charge in [0.1, 0.15) is 0 Å². The molecule has 2 N–H and O–H groups in total. The Balaban J connectivity index is 3.46. The quantitative estimate of drug-likeness (QED) is 0.555. The Hall–Kier alpha value is -0.610. The van der Waals surface area contributed by atoms with Gasteiger partial charge < -0.3 is 15.1 Å². The van der Waals surface area contributed by atoms with E-state index >= 15 is 0 Å². The molecule has 0 bridgehead atoms. The van der Waals surface area contributed by atoms with Gasteiger partial charge in [-0.2, -0.15) is 0 Å². The van der Waals surface area contributed by atoms with Crippen LogP contribution in [0.2, 0.25) is 0 Å². The summed E-state index contributed by atoms with van der Waals surface area (Å²) < 4.78 is 0. The first-order chi connectivity index (χ1) is 5.22. The van der Waals surface area contributed by atoms with Gasteiger partial charge in [0.25, 0.3) is 0 Å². The lowest BCUT2D eigenvalue weighted by Crippen LogP contribution is -2.28. The molecule has 0 saturated carbocycles. The second kappa shape index (κ2) is 6.12. The number of aliphatic hydroxyl groups excluding tert-OH is 2. The van der Waals surface area contributed by atoms with Crippen LogP contribution in [0.3, 0.4) is 0 Å². The predicted octanol–water partition coefficient (Wildman–Crippen LogP) is -0.790. The molecule has 0 atom stereocenters. The number of rotatable bonds is 5. The van der Waals surface area contributed by atoms with Gasteiger partial charge in [0.15, 0.2) is 0 Å². The maximum Gasteiger partial charge on any atom is 0.224 e. The van der Waals surface area contributed by atoms with Crippen molar-refractivity contribution in [3.8, 4) is 0 Å². The van der Waals surface area contributed by atoms with Crippen molar-refractivity contribution in [3.05, 3.63) is 0 Å². The third kappa shape index (κ3) is 4.75. The van der Waals surface area contributed by atoms with E-state index in [0.717, 1.165) is 0 Å². The first kappa shape index (κ1) is 10.4. The van der Waals surface area contributed by atoms with Crippen molar-refractivity contribution in [1.82, 2.24) is 4.90 Å². The minimum atomic E-state index is -0.109. The van der Waals surface area contributed by atoms with Crippen molar-refractivity contribution in [3.63, 3.8) is 0 Å². The molecule has 0 aliphatic carbocycles. The minimum absolute atomic E-state index is 0.0825. The maximum absolute atomic E-state index is 10.9. The summed E-state index contributed by atoms with van der Waals surface area (Å²) in [6.07, 6.45) is 0.760. The molecular weight excluding hydrogens is 146 g/mol. The molecule has 0 spiro atoms. The predicted molar refractivity (Wildman–Crippen MR) is 41.0 cm³/mol. The monoisotopic (exact) mass is 161 g/mol. The normalized spacial score (nSPS) is 9.73. The summed E-state index contributed by atoms with van der Waals surface area (Å²) in [5, 5.41) is 16.9. The van der Waals surface area contributed by atoms with Crippen LogP contribution >= 0.6 is 0 Å². The molecule has 0 unspecified atom stereocenters. The molecule has 4 heteroatoms. The first-order valence-corrected chi connectivity index (χ1v) is 3.68. The van der Waals surface area contributed by atoms with Gasteiger partial charge in [0.2, 0.25) is 5.91 Å². The molecule has 0 aliphatic rings. The second-order valence-corrected chi connectivity index (χ2v) is 2.37. The smallest absolute Gasteiger partial charge is 0.224 e. The van der Waals surface area contributed by atoms with Gasteiger partial charge in [-0.25, -0.2) is 0 Å². The van der Waals surface area contributed by atoms with Gasteiger partial charge in [0.05, 0.1) is 6.61 Å². The standard InChI is InChI=1S/C7H15NO3/c1-8(4-2-5-9)7(11)3-6-10/h9-10H,2-6H2,1H3. The molecule has 0 saturated heterocycles. The number of aliphatic hydroxyl groups is 2. The highest BCUT2D eigenvalue weighted by Gasteiger charge is 2.05. The minimum Gasteiger partial charge on any atom is -0.396 e. The first-order valence-electron chi connectivity index (χ1n) is 3.68. The highest BCUT2D eigenvalue weighted by atomic mass is 16.3. The lowest BCUT2D eigenvalue weighted by atomic mass is 10.3. The van der Waals surface area contributed by atoms with E-state index < -0.39 is 0 Å². The van der Waals surface area contributed by atoms with E-state index in [1.165, 1.54) is 4.90 Å². The summed E-state index contributed by atoms with van der Waals surface area (Å²) in [7, 11) is 1.66. The van der Waals surface area contributed by atoms with Gasteiger partial charge >= 0.3 is 0 Å². The van der Waals surface area contributed by atoms with Crippen LogP contribution in [0.5, 0.6) is 0 Å². The van der Waals surface area contributed by atoms with E-state index in [9.17, 15) is 4.79 Å². The lowest BCUT2D eigenvalue weighted by Gasteiger charge is -2.15. The fourth-order valence-electron chi connectivity index (χ4n) is 0.719. The molecule has 0 fully saturated rings. The van der Waals surface area contributed by atoms with Crippen molar-refractivity contribution in [1.29, 1.82) is 0 Å². The second-order valence-electron chi connectivity index (χ2n) is 2.37. The Morgan fingerprint density at radius 1 is 1.36 bits per heavy atom. The number of hydrogen-bond donors (Lipinski definition) is 2. The molecule has 0 aromatic carbocycles. The highest BCUT2D eigenvalue weighted by Crippen LogP contribution is 1.91. The molecule has 0 rings (SSSR count). The van der Waals surface area contributed by atoms with Crippen LogP contribution in [0.15, 0.2) is 0 Å². The zero-order chi connectivity index (χ0) is 8.69. The molecule has 0 radical (unpaired) electrons. The Morgan fingerprint density at radius 3 is 2.45 bits per heavy atom. The zero-order valence-corrected chi connectivity index (χ0v) is 6.79. The average Bonchev–Trinajstić information content (AvgIpc) is 2.00. The van der Waals surface area contributed by atoms with Gasteiger partial charge in [-0.05, 0) is 6.42 Å². The Morgan fingerprint density at radius 2 is 2.00 bits per heavy atom. The molecule has 4 nitrogen and oxygen atoms in total. The molecular formula is C7H15NO3. The summed E-state index contributed by atoms with van der Waals surface area (Å²) in [5.41, 5.74) is 0. The third-order valence-corrected chi connectivity index (χ3v) is 1.40. The van der Waals surface area contributed by atoms with Crippen LogP contribution in [0.1, 0.15) is 12.8 Å². The maximum atomic E-state index is 10.9. The average molecular weight is 161 g/mol. The van der Waals surface area contributed by atoms with E-state index in [-0.39, 0.29) is 25.5 Å². The third-order valence-electron chi connectivity index (χ3n) is 1.40. The Bertz CT molecular complexity index is 116. The van der Waals surface area contributed by atoms with Gasteiger partial charge in [-0.3, -0.25) is 4.79 Å². The van der Waals surface area contributed by atoms with Gasteiger partial charge in [0, 0.05) is 26.6 Å². The van der Waals surface area contributed by atoms with E-state index in [0.29, 0.717) is 13.0 Å². The summed E-state index contributed by atoms with van der Waals surface area (Å²) in [6.45, 7) is 0.536. The van der Waals surface area contributed by atoms with Crippen LogP contribution in [0.4, 0.5) is 0 Å². The number of nitrogens with zero attached hydrogens (tertiary/aromatic N) is 1. The van der Waals surface area contributed by atoms with Gasteiger partial charge in [-0.1, -0.05) is 0 Å². The summed E-state index contributed by atoms with van der Waals surface area (Å²) >= 11 is 0. The van der Waals surface area contributed by atoms with E-state index in [1.54, 1.807) is 7.05 Å². The lowest BCUT2D eigenvalue weighted by molar-refractivity contribution is -0.130. The molecule has 1 amide bonds.